The van der Waals surface area contributed by atoms with Crippen molar-refractivity contribution in [1.29, 1.82) is 0 Å². The van der Waals surface area contributed by atoms with Crippen LogP contribution in [0.25, 0.3) is 0 Å². The van der Waals surface area contributed by atoms with E-state index < -0.39 is 5.97 Å². The maximum absolute atomic E-state index is 10.8. The number of aliphatic carboxylic acids is 1. The zero-order chi connectivity index (χ0) is 14.0. The van der Waals surface area contributed by atoms with Crippen molar-refractivity contribution >= 4 is 5.97 Å². The van der Waals surface area contributed by atoms with E-state index in [0.717, 1.165) is 19.5 Å². The fraction of sp³-hybridized carbons (Fsp3) is 0.562. The molecule has 0 spiro atoms. The molecular formula is C16H23NO2. The molecule has 1 N–H and O–H groups in total. The SMILES string of the molecule is CC(C)c1ccc(CN(C)CC2CC2C(=O)O)cc1. The van der Waals surface area contributed by atoms with Gasteiger partial charge in [0.2, 0.25) is 0 Å². The Bertz CT molecular complexity index is 439. The molecule has 0 saturated heterocycles. The molecule has 3 nitrogen and oxygen atoms in total. The first-order valence-corrected chi connectivity index (χ1v) is 6.97. The van der Waals surface area contributed by atoms with Crippen molar-refractivity contribution in [3.8, 4) is 0 Å². The van der Waals surface area contributed by atoms with Gasteiger partial charge in [0, 0.05) is 13.1 Å². The van der Waals surface area contributed by atoms with Crippen LogP contribution in [-0.4, -0.2) is 29.6 Å². The Hall–Kier alpha value is -1.35. The molecule has 1 aliphatic carbocycles. The van der Waals surface area contributed by atoms with Crippen molar-refractivity contribution in [2.75, 3.05) is 13.6 Å². The van der Waals surface area contributed by atoms with Gasteiger partial charge in [0.1, 0.15) is 0 Å². The van der Waals surface area contributed by atoms with E-state index >= 15 is 0 Å². The maximum Gasteiger partial charge on any atom is 0.306 e. The van der Waals surface area contributed by atoms with Gasteiger partial charge in [-0.1, -0.05) is 38.1 Å². The maximum atomic E-state index is 10.8. The standard InChI is InChI=1S/C16H23NO2/c1-11(2)13-6-4-12(5-7-13)9-17(3)10-14-8-15(14)16(18)19/h4-7,11,14-15H,8-10H2,1-3H3,(H,18,19). The van der Waals surface area contributed by atoms with Crippen LogP contribution in [0, 0.1) is 11.8 Å². The van der Waals surface area contributed by atoms with Crippen molar-refractivity contribution in [2.24, 2.45) is 11.8 Å². The van der Waals surface area contributed by atoms with E-state index in [0.29, 0.717) is 11.8 Å². The minimum Gasteiger partial charge on any atom is -0.481 e. The second kappa shape index (κ2) is 5.74. The topological polar surface area (TPSA) is 40.5 Å². The number of nitrogens with zero attached hydrogens (tertiary/aromatic N) is 1. The van der Waals surface area contributed by atoms with Crippen LogP contribution >= 0.6 is 0 Å². The minimum atomic E-state index is -0.639. The Labute approximate surface area is 115 Å². The van der Waals surface area contributed by atoms with Crippen LogP contribution < -0.4 is 0 Å². The summed E-state index contributed by atoms with van der Waals surface area (Å²) < 4.78 is 0. The predicted molar refractivity (Wildman–Crippen MR) is 76.1 cm³/mol. The van der Waals surface area contributed by atoms with Gasteiger partial charge in [0.05, 0.1) is 5.92 Å². The summed E-state index contributed by atoms with van der Waals surface area (Å²) >= 11 is 0. The number of benzene rings is 1. The van der Waals surface area contributed by atoms with Crippen molar-refractivity contribution in [2.45, 2.75) is 32.7 Å². The normalized spacial score (nSPS) is 21.9. The van der Waals surface area contributed by atoms with Crippen molar-refractivity contribution < 1.29 is 9.90 Å². The van der Waals surface area contributed by atoms with E-state index in [1.54, 1.807) is 0 Å². The zero-order valence-corrected chi connectivity index (χ0v) is 12.0. The van der Waals surface area contributed by atoms with Crippen molar-refractivity contribution in [1.82, 2.24) is 4.90 Å². The third kappa shape index (κ3) is 3.80. The molecule has 0 bridgehead atoms. The van der Waals surface area contributed by atoms with E-state index in [1.165, 1.54) is 11.1 Å². The molecule has 2 atom stereocenters. The quantitative estimate of drug-likeness (QED) is 0.856. The predicted octanol–water partition coefficient (Wildman–Crippen LogP) is 2.96. The number of carbonyl (C=O) groups is 1. The Morgan fingerprint density at radius 3 is 2.47 bits per heavy atom. The highest BCUT2D eigenvalue weighted by atomic mass is 16.4. The zero-order valence-electron chi connectivity index (χ0n) is 12.0. The fourth-order valence-corrected chi connectivity index (χ4v) is 2.54. The van der Waals surface area contributed by atoms with Gasteiger partial charge in [0.25, 0.3) is 0 Å². The first-order chi connectivity index (χ1) is 8.97. The minimum absolute atomic E-state index is 0.106. The third-order valence-corrected chi connectivity index (χ3v) is 3.88. The van der Waals surface area contributed by atoms with E-state index in [9.17, 15) is 4.79 Å². The van der Waals surface area contributed by atoms with Crippen molar-refractivity contribution in [3.63, 3.8) is 0 Å². The molecule has 2 unspecified atom stereocenters. The molecule has 1 aromatic rings. The van der Waals surface area contributed by atoms with Crippen LogP contribution in [0.4, 0.5) is 0 Å². The highest BCUT2D eigenvalue weighted by molar-refractivity contribution is 5.73. The molecular weight excluding hydrogens is 238 g/mol. The van der Waals surface area contributed by atoms with Gasteiger partial charge in [0.15, 0.2) is 0 Å². The van der Waals surface area contributed by atoms with Gasteiger partial charge in [-0.15, -0.1) is 0 Å². The van der Waals surface area contributed by atoms with Crippen LogP contribution in [0.2, 0.25) is 0 Å². The highest BCUT2D eigenvalue weighted by Crippen LogP contribution is 2.39. The van der Waals surface area contributed by atoms with Crippen LogP contribution in [0.3, 0.4) is 0 Å². The van der Waals surface area contributed by atoms with Crippen LogP contribution in [0.1, 0.15) is 37.3 Å². The van der Waals surface area contributed by atoms with E-state index in [-0.39, 0.29) is 5.92 Å². The van der Waals surface area contributed by atoms with E-state index in [2.05, 4.69) is 50.1 Å². The molecule has 0 heterocycles. The second-order valence-electron chi connectivity index (χ2n) is 6.03. The van der Waals surface area contributed by atoms with Gasteiger partial charge in [-0.05, 0) is 36.4 Å². The smallest absolute Gasteiger partial charge is 0.306 e. The third-order valence-electron chi connectivity index (χ3n) is 3.88. The summed E-state index contributed by atoms with van der Waals surface area (Å²) in [5, 5.41) is 8.89. The van der Waals surface area contributed by atoms with Gasteiger partial charge in [-0.2, -0.15) is 0 Å². The van der Waals surface area contributed by atoms with Gasteiger partial charge >= 0.3 is 5.97 Å². The molecule has 0 aliphatic heterocycles. The number of hydrogen-bond acceptors (Lipinski definition) is 2. The van der Waals surface area contributed by atoms with Crippen LogP contribution in [-0.2, 0) is 11.3 Å². The molecule has 1 saturated carbocycles. The van der Waals surface area contributed by atoms with Crippen molar-refractivity contribution in [3.05, 3.63) is 35.4 Å². The molecule has 0 amide bonds. The van der Waals surface area contributed by atoms with Crippen LogP contribution in [0.15, 0.2) is 24.3 Å². The Balaban J connectivity index is 1.82. The van der Waals surface area contributed by atoms with Gasteiger partial charge in [-0.25, -0.2) is 0 Å². The fourth-order valence-electron chi connectivity index (χ4n) is 2.54. The highest BCUT2D eigenvalue weighted by Gasteiger charge is 2.43. The molecule has 1 aliphatic rings. The molecule has 1 aromatic carbocycles. The molecule has 0 radical (unpaired) electrons. The largest absolute Gasteiger partial charge is 0.481 e. The lowest BCUT2D eigenvalue weighted by atomic mass is 10.0. The number of hydrogen-bond donors (Lipinski definition) is 1. The molecule has 104 valence electrons. The molecule has 0 aromatic heterocycles. The average molecular weight is 261 g/mol. The Morgan fingerprint density at radius 2 is 2.00 bits per heavy atom. The molecule has 1 fully saturated rings. The van der Waals surface area contributed by atoms with Gasteiger partial charge in [-0.3, -0.25) is 4.79 Å². The number of carboxylic acid groups (broad SMARTS) is 1. The lowest BCUT2D eigenvalue weighted by Crippen LogP contribution is -2.21. The molecule has 19 heavy (non-hydrogen) atoms. The monoisotopic (exact) mass is 261 g/mol. The first-order valence-electron chi connectivity index (χ1n) is 6.97. The summed E-state index contributed by atoms with van der Waals surface area (Å²) in [7, 11) is 2.06. The second-order valence-corrected chi connectivity index (χ2v) is 6.03. The summed E-state index contributed by atoms with van der Waals surface area (Å²) in [5.41, 5.74) is 2.65. The van der Waals surface area contributed by atoms with Gasteiger partial charge < -0.3 is 10.0 Å². The average Bonchev–Trinajstić information content (AvgIpc) is 3.09. The summed E-state index contributed by atoms with van der Waals surface area (Å²) in [5.74, 6) is 0.164. The molecule has 3 heteroatoms. The van der Waals surface area contributed by atoms with E-state index in [4.69, 9.17) is 5.11 Å². The Kier molecular flexibility index (Phi) is 4.25. The summed E-state index contributed by atoms with van der Waals surface area (Å²) in [6.07, 6.45) is 0.839. The number of rotatable bonds is 6. The summed E-state index contributed by atoms with van der Waals surface area (Å²) in [6.45, 7) is 6.16. The Morgan fingerprint density at radius 1 is 1.37 bits per heavy atom. The molecule has 2 rings (SSSR count). The lowest BCUT2D eigenvalue weighted by Gasteiger charge is -2.17. The summed E-state index contributed by atoms with van der Waals surface area (Å²) in [6, 6.07) is 8.72. The summed E-state index contributed by atoms with van der Waals surface area (Å²) in [4.78, 5) is 13.0. The lowest BCUT2D eigenvalue weighted by molar-refractivity contribution is -0.138. The van der Waals surface area contributed by atoms with E-state index in [1.807, 2.05) is 0 Å². The van der Waals surface area contributed by atoms with Crippen LogP contribution in [0.5, 0.6) is 0 Å². The number of carboxylic acids is 1. The first kappa shape index (κ1) is 14.1.